The molecule has 33 heavy (non-hydrogen) atoms. The topological polar surface area (TPSA) is 73.0 Å². The van der Waals surface area contributed by atoms with Crippen molar-refractivity contribution >= 4 is 16.1 Å². The molecule has 0 spiro atoms. The number of benzene rings is 2. The summed E-state index contributed by atoms with van der Waals surface area (Å²) in [7, 11) is 1.69. The highest BCUT2D eigenvalue weighted by Gasteiger charge is 2.40. The number of amides is 2. The Morgan fingerprint density at radius 1 is 1.09 bits per heavy atom. The van der Waals surface area contributed by atoms with Crippen LogP contribution in [0.1, 0.15) is 18.9 Å². The third kappa shape index (κ3) is 6.07. The van der Waals surface area contributed by atoms with Crippen molar-refractivity contribution in [1.29, 1.82) is 0 Å². The van der Waals surface area contributed by atoms with E-state index >= 15 is 0 Å². The summed E-state index contributed by atoms with van der Waals surface area (Å²) in [6.45, 7) is 1.98. The van der Waals surface area contributed by atoms with Gasteiger partial charge in [0, 0.05) is 39.8 Å². The van der Waals surface area contributed by atoms with E-state index in [4.69, 9.17) is 0 Å². The number of likely N-dealkylation sites (tertiary alicyclic amines) is 1. The first kappa shape index (κ1) is 25.1. The van der Waals surface area contributed by atoms with Crippen molar-refractivity contribution in [3.05, 3.63) is 59.7 Å². The average molecular weight is 481 g/mol. The lowest BCUT2D eigenvalue weighted by molar-refractivity contribution is 0.0587. The molecule has 2 aromatic carbocycles. The van der Waals surface area contributed by atoms with Gasteiger partial charge >= 0.3 is 6.03 Å². The van der Waals surface area contributed by atoms with E-state index in [9.17, 15) is 22.0 Å². The fraction of sp³-hybridized carbons (Fsp3) is 0.435. The Kier molecular flexibility index (Phi) is 7.71. The van der Waals surface area contributed by atoms with Crippen LogP contribution in [0.3, 0.4) is 0 Å². The second-order valence-electron chi connectivity index (χ2n) is 8.39. The average Bonchev–Trinajstić information content (AvgIpc) is 3.13. The lowest BCUT2D eigenvalue weighted by Crippen LogP contribution is -2.53. The summed E-state index contributed by atoms with van der Waals surface area (Å²) in [5, 5.41) is 3.12. The van der Waals surface area contributed by atoms with Crippen LogP contribution in [0.2, 0.25) is 0 Å². The van der Waals surface area contributed by atoms with Gasteiger partial charge in [0.2, 0.25) is 10.0 Å². The van der Waals surface area contributed by atoms with Gasteiger partial charge in [-0.2, -0.15) is 0 Å². The molecule has 0 unspecified atom stereocenters. The maximum Gasteiger partial charge on any atom is 0.334 e. The second kappa shape index (κ2) is 10.1. The molecule has 2 aromatic rings. The third-order valence-corrected chi connectivity index (χ3v) is 7.37. The van der Waals surface area contributed by atoms with E-state index < -0.39 is 33.7 Å². The normalized spacial score (nSPS) is 18.7. The summed E-state index contributed by atoms with van der Waals surface area (Å²) in [5.41, 5.74) is 1.87. The molecule has 1 aliphatic heterocycles. The lowest BCUT2D eigenvalue weighted by Gasteiger charge is -2.34. The molecule has 3 rings (SSSR count). The fourth-order valence-electron chi connectivity index (χ4n) is 3.99. The van der Waals surface area contributed by atoms with E-state index in [0.29, 0.717) is 30.5 Å². The van der Waals surface area contributed by atoms with Crippen LogP contribution >= 0.6 is 0 Å². The van der Waals surface area contributed by atoms with E-state index in [1.54, 1.807) is 50.1 Å². The Morgan fingerprint density at radius 2 is 1.76 bits per heavy atom. The van der Waals surface area contributed by atoms with Crippen LogP contribution in [0.4, 0.5) is 13.6 Å². The minimum Gasteiger partial charge on any atom is -0.319 e. The summed E-state index contributed by atoms with van der Waals surface area (Å²) in [5.74, 6) is -1.38. The molecule has 1 saturated heterocycles. The number of carbonyl (C=O) groups is 1. The van der Waals surface area contributed by atoms with Gasteiger partial charge in [-0.1, -0.05) is 24.3 Å². The predicted octanol–water partition coefficient (Wildman–Crippen LogP) is 3.08. The quantitative estimate of drug-likeness (QED) is 0.619. The fourth-order valence-corrected chi connectivity index (χ4v) is 4.89. The van der Waals surface area contributed by atoms with Crippen LogP contribution in [-0.4, -0.2) is 74.9 Å². The van der Waals surface area contributed by atoms with E-state index in [1.165, 1.54) is 17.1 Å². The zero-order chi connectivity index (χ0) is 24.3. The van der Waals surface area contributed by atoms with Crippen LogP contribution in [0.5, 0.6) is 0 Å². The zero-order valence-corrected chi connectivity index (χ0v) is 20.1. The Labute approximate surface area is 194 Å². The van der Waals surface area contributed by atoms with Crippen LogP contribution in [0.15, 0.2) is 42.5 Å². The number of nitrogens with zero attached hydrogens (tertiary/aromatic N) is 3. The standard InChI is InChI=1S/C23H30F2N4O3S/c1-5-33(31,32)26-21-9-10-29(23(30)28(4)27(2)3)22(21)12-16-7-6-8-17(11-16)18-13-19(24)15-20(25)14-18/h6-8,11,13-15,21-22,26H,5,9-10,12H2,1-4H3/t21-,22-/m0/s1. The maximum atomic E-state index is 13.7. The van der Waals surface area contributed by atoms with Crippen molar-refractivity contribution in [3.63, 3.8) is 0 Å². The lowest BCUT2D eigenvalue weighted by atomic mass is 9.97. The number of urea groups is 1. The van der Waals surface area contributed by atoms with Gasteiger partial charge in [-0.3, -0.25) is 5.01 Å². The molecular weight excluding hydrogens is 450 g/mol. The van der Waals surface area contributed by atoms with Gasteiger partial charge in [-0.25, -0.2) is 31.7 Å². The van der Waals surface area contributed by atoms with Crippen LogP contribution in [0.25, 0.3) is 11.1 Å². The minimum atomic E-state index is -3.47. The van der Waals surface area contributed by atoms with Crippen molar-refractivity contribution in [1.82, 2.24) is 19.6 Å². The second-order valence-corrected chi connectivity index (χ2v) is 10.4. The number of halogens is 2. The summed E-state index contributed by atoms with van der Waals surface area (Å²) in [4.78, 5) is 14.8. The number of rotatable bonds is 7. The number of hydrogen-bond donors (Lipinski definition) is 1. The number of nitrogens with one attached hydrogen (secondary N) is 1. The van der Waals surface area contributed by atoms with Gasteiger partial charge < -0.3 is 4.90 Å². The molecule has 1 heterocycles. The number of sulfonamides is 1. The van der Waals surface area contributed by atoms with Crippen molar-refractivity contribution in [2.45, 2.75) is 31.8 Å². The Bertz CT molecular complexity index is 1090. The summed E-state index contributed by atoms with van der Waals surface area (Å²) < 4.78 is 54.7. The van der Waals surface area contributed by atoms with Crippen molar-refractivity contribution in [2.75, 3.05) is 33.4 Å². The first-order chi connectivity index (χ1) is 15.5. The number of carbonyl (C=O) groups excluding carboxylic acids is 1. The maximum absolute atomic E-state index is 13.7. The van der Waals surface area contributed by atoms with Gasteiger partial charge in [0.15, 0.2) is 0 Å². The van der Waals surface area contributed by atoms with Crippen LogP contribution in [0, 0.1) is 11.6 Å². The van der Waals surface area contributed by atoms with E-state index in [1.807, 2.05) is 12.1 Å². The molecule has 0 aliphatic carbocycles. The molecule has 1 aliphatic rings. The SMILES string of the molecule is CCS(=O)(=O)N[C@H]1CCN(C(=O)N(C)N(C)C)[C@H]1Cc1cccc(-c2cc(F)cc(F)c2)c1. The van der Waals surface area contributed by atoms with Crippen molar-refractivity contribution in [2.24, 2.45) is 0 Å². The third-order valence-electron chi connectivity index (χ3n) is 5.95. The molecule has 10 heteroatoms. The van der Waals surface area contributed by atoms with Crippen LogP contribution < -0.4 is 4.72 Å². The number of hydrogen-bond acceptors (Lipinski definition) is 4. The van der Waals surface area contributed by atoms with Gasteiger partial charge in [-0.15, -0.1) is 0 Å². The molecule has 2 atom stereocenters. The smallest absolute Gasteiger partial charge is 0.319 e. The van der Waals surface area contributed by atoms with Gasteiger partial charge in [0.05, 0.1) is 11.8 Å². The molecule has 0 saturated carbocycles. The predicted molar refractivity (Wildman–Crippen MR) is 124 cm³/mol. The first-order valence-corrected chi connectivity index (χ1v) is 12.4. The van der Waals surface area contributed by atoms with E-state index in [2.05, 4.69) is 4.72 Å². The van der Waals surface area contributed by atoms with E-state index in [0.717, 1.165) is 11.6 Å². The Hall–Kier alpha value is -2.56. The molecular formula is C23H30F2N4O3S. The zero-order valence-electron chi connectivity index (χ0n) is 19.3. The molecule has 0 bridgehead atoms. The minimum absolute atomic E-state index is 0.0532. The van der Waals surface area contributed by atoms with Gasteiger partial charge in [0.1, 0.15) is 11.6 Å². The highest BCUT2D eigenvalue weighted by atomic mass is 32.2. The van der Waals surface area contributed by atoms with Crippen molar-refractivity contribution < 1.29 is 22.0 Å². The molecule has 0 radical (unpaired) electrons. The van der Waals surface area contributed by atoms with Gasteiger partial charge in [-0.05, 0) is 48.6 Å². The van der Waals surface area contributed by atoms with E-state index in [-0.39, 0.29) is 11.8 Å². The largest absolute Gasteiger partial charge is 0.334 e. The number of hydrazine groups is 1. The van der Waals surface area contributed by atoms with Crippen LogP contribution in [-0.2, 0) is 16.4 Å². The molecule has 0 aromatic heterocycles. The molecule has 1 N–H and O–H groups in total. The highest BCUT2D eigenvalue weighted by molar-refractivity contribution is 7.89. The molecule has 180 valence electrons. The van der Waals surface area contributed by atoms with Gasteiger partial charge in [0.25, 0.3) is 0 Å². The molecule has 7 nitrogen and oxygen atoms in total. The molecule has 1 fully saturated rings. The summed E-state index contributed by atoms with van der Waals surface area (Å²) in [6.07, 6.45) is 0.876. The Morgan fingerprint density at radius 3 is 2.36 bits per heavy atom. The van der Waals surface area contributed by atoms with Crippen molar-refractivity contribution in [3.8, 4) is 11.1 Å². The summed E-state index contributed by atoms with van der Waals surface area (Å²) in [6, 6.07) is 9.48. The first-order valence-electron chi connectivity index (χ1n) is 10.8. The molecule has 2 amide bonds. The Balaban J connectivity index is 1.92. The summed E-state index contributed by atoms with van der Waals surface area (Å²) >= 11 is 0. The monoisotopic (exact) mass is 480 g/mol. The highest BCUT2D eigenvalue weighted by Crippen LogP contribution is 2.27.